The Bertz CT molecular complexity index is 785. The molecular formula is C14H20N2O4S. The Morgan fingerprint density at radius 2 is 1.95 bits per heavy atom. The number of rotatable bonds is 6. The number of nitrogens with one attached hydrogen (secondary N) is 1. The summed E-state index contributed by atoms with van der Waals surface area (Å²) < 4.78 is 33.5. The van der Waals surface area contributed by atoms with Crippen LogP contribution in [0.25, 0.3) is 11.1 Å². The van der Waals surface area contributed by atoms with Crippen molar-refractivity contribution in [1.82, 2.24) is 9.29 Å². The first-order chi connectivity index (χ1) is 9.89. The van der Waals surface area contributed by atoms with Gasteiger partial charge in [0.15, 0.2) is 5.58 Å². The van der Waals surface area contributed by atoms with Gasteiger partial charge in [-0.25, -0.2) is 17.9 Å². The van der Waals surface area contributed by atoms with Crippen molar-refractivity contribution in [1.29, 1.82) is 0 Å². The lowest BCUT2D eigenvalue weighted by atomic mass is 10.0. The summed E-state index contributed by atoms with van der Waals surface area (Å²) in [5, 5.41) is 0. The molecule has 1 aromatic heterocycles. The Kier molecular flexibility index (Phi) is 4.53. The lowest BCUT2D eigenvalue weighted by Crippen LogP contribution is -2.29. The molecule has 0 bridgehead atoms. The Balaban J connectivity index is 2.30. The summed E-state index contributed by atoms with van der Waals surface area (Å²) in [7, 11) is -2.01. The minimum absolute atomic E-state index is 0.107. The van der Waals surface area contributed by atoms with Gasteiger partial charge in [0.2, 0.25) is 10.0 Å². The van der Waals surface area contributed by atoms with Crippen LogP contribution in [0.3, 0.4) is 0 Å². The van der Waals surface area contributed by atoms with Crippen LogP contribution in [0.4, 0.5) is 0 Å². The summed E-state index contributed by atoms with van der Waals surface area (Å²) in [4.78, 5) is 11.5. The summed E-state index contributed by atoms with van der Waals surface area (Å²) in [5.41, 5.74) is 0.840. The van der Waals surface area contributed by atoms with Gasteiger partial charge in [0, 0.05) is 19.7 Å². The van der Waals surface area contributed by atoms with Crippen LogP contribution >= 0.6 is 0 Å². The van der Waals surface area contributed by atoms with Gasteiger partial charge < -0.3 is 4.42 Å². The topological polar surface area (TPSA) is 81.3 Å². The minimum Gasteiger partial charge on any atom is -0.408 e. The van der Waals surface area contributed by atoms with E-state index in [1.165, 1.54) is 16.7 Å². The summed E-state index contributed by atoms with van der Waals surface area (Å²) in [5.74, 6) is -0.192. The fraction of sp³-hybridized carbons (Fsp3) is 0.500. The van der Waals surface area contributed by atoms with Crippen molar-refractivity contribution >= 4 is 21.1 Å². The maximum Gasteiger partial charge on any atom is 0.419 e. The zero-order valence-corrected chi connectivity index (χ0v) is 13.2. The van der Waals surface area contributed by atoms with E-state index in [2.05, 4.69) is 4.72 Å². The summed E-state index contributed by atoms with van der Waals surface area (Å²) in [6.45, 7) is 4.48. The Labute approximate surface area is 123 Å². The first-order valence-corrected chi connectivity index (χ1v) is 8.46. The third kappa shape index (κ3) is 3.19. The molecule has 0 fully saturated rings. The number of nitrogens with zero attached hydrogens (tertiary/aromatic N) is 1. The van der Waals surface area contributed by atoms with Gasteiger partial charge in [-0.1, -0.05) is 26.7 Å². The van der Waals surface area contributed by atoms with Crippen molar-refractivity contribution in [2.24, 2.45) is 13.0 Å². The highest BCUT2D eigenvalue weighted by Gasteiger charge is 2.17. The third-order valence-corrected chi connectivity index (χ3v) is 5.21. The molecule has 0 saturated carbocycles. The van der Waals surface area contributed by atoms with Crippen LogP contribution in [0.2, 0.25) is 0 Å². The zero-order chi connectivity index (χ0) is 15.6. The van der Waals surface area contributed by atoms with Gasteiger partial charge in [-0.05, 0) is 18.1 Å². The lowest BCUT2D eigenvalue weighted by molar-refractivity contribution is 0.479. The summed E-state index contributed by atoms with van der Waals surface area (Å²) in [6.07, 6.45) is 1.84. The average molecular weight is 312 g/mol. The Morgan fingerprint density at radius 3 is 2.57 bits per heavy atom. The Hall–Kier alpha value is -1.60. The smallest absolute Gasteiger partial charge is 0.408 e. The number of oxazole rings is 1. The van der Waals surface area contributed by atoms with Crippen molar-refractivity contribution in [3.05, 3.63) is 28.7 Å². The van der Waals surface area contributed by atoms with E-state index in [4.69, 9.17) is 4.42 Å². The number of aryl methyl sites for hydroxylation is 1. The predicted molar refractivity (Wildman–Crippen MR) is 80.7 cm³/mol. The molecule has 0 atom stereocenters. The number of aromatic nitrogens is 1. The molecule has 2 rings (SSSR count). The molecule has 2 aromatic rings. The van der Waals surface area contributed by atoms with Gasteiger partial charge in [-0.3, -0.25) is 4.57 Å². The van der Waals surface area contributed by atoms with Crippen LogP contribution in [0.1, 0.15) is 26.7 Å². The van der Waals surface area contributed by atoms with Crippen LogP contribution < -0.4 is 10.5 Å². The quantitative estimate of drug-likeness (QED) is 0.882. The SMILES string of the molecule is CCC(CC)CNS(=O)(=O)c1ccc2c(c1)oc(=O)n2C. The van der Waals surface area contributed by atoms with E-state index in [0.717, 1.165) is 12.8 Å². The largest absolute Gasteiger partial charge is 0.419 e. The highest BCUT2D eigenvalue weighted by molar-refractivity contribution is 7.89. The number of hydrogen-bond acceptors (Lipinski definition) is 4. The number of sulfonamides is 1. The second kappa shape index (κ2) is 6.03. The third-order valence-electron chi connectivity index (χ3n) is 3.79. The maximum absolute atomic E-state index is 12.3. The van der Waals surface area contributed by atoms with E-state index in [9.17, 15) is 13.2 Å². The molecule has 116 valence electrons. The first kappa shape index (κ1) is 15.8. The molecular weight excluding hydrogens is 292 g/mol. The van der Waals surface area contributed by atoms with E-state index in [1.807, 2.05) is 13.8 Å². The normalized spacial score (nSPS) is 12.4. The van der Waals surface area contributed by atoms with Crippen LogP contribution in [0.15, 0.2) is 32.3 Å². The van der Waals surface area contributed by atoms with E-state index >= 15 is 0 Å². The maximum atomic E-state index is 12.3. The van der Waals surface area contributed by atoms with Crippen molar-refractivity contribution in [3.63, 3.8) is 0 Å². The molecule has 0 unspecified atom stereocenters. The van der Waals surface area contributed by atoms with Crippen molar-refractivity contribution in [2.45, 2.75) is 31.6 Å². The fourth-order valence-electron chi connectivity index (χ4n) is 2.17. The molecule has 21 heavy (non-hydrogen) atoms. The average Bonchev–Trinajstić information content (AvgIpc) is 2.74. The standard InChI is InChI=1S/C14H20N2O4S/c1-4-10(5-2)9-15-21(18,19)11-6-7-12-13(8-11)20-14(17)16(12)3/h6-8,10,15H,4-5,9H2,1-3H3. The first-order valence-electron chi connectivity index (χ1n) is 6.98. The van der Waals surface area contributed by atoms with E-state index in [-0.39, 0.29) is 10.5 Å². The van der Waals surface area contributed by atoms with Crippen LogP contribution in [0.5, 0.6) is 0 Å². The molecule has 0 radical (unpaired) electrons. The molecule has 0 aliphatic heterocycles. The predicted octanol–water partition coefficient (Wildman–Crippen LogP) is 1.85. The van der Waals surface area contributed by atoms with Crippen LogP contribution in [-0.4, -0.2) is 19.5 Å². The van der Waals surface area contributed by atoms with Gasteiger partial charge >= 0.3 is 5.76 Å². The molecule has 1 N–H and O–H groups in total. The molecule has 0 amide bonds. The summed E-state index contributed by atoms with van der Waals surface area (Å²) in [6, 6.07) is 4.43. The van der Waals surface area contributed by atoms with Crippen molar-refractivity contribution in [3.8, 4) is 0 Å². The molecule has 0 spiro atoms. The van der Waals surface area contributed by atoms with Crippen LogP contribution in [0, 0.1) is 5.92 Å². The second-order valence-electron chi connectivity index (χ2n) is 5.09. The highest BCUT2D eigenvalue weighted by Crippen LogP contribution is 2.18. The molecule has 7 heteroatoms. The van der Waals surface area contributed by atoms with Gasteiger partial charge in [0.25, 0.3) is 0 Å². The monoisotopic (exact) mass is 312 g/mol. The number of benzene rings is 1. The van der Waals surface area contributed by atoms with Gasteiger partial charge in [-0.15, -0.1) is 0 Å². The van der Waals surface area contributed by atoms with E-state index < -0.39 is 15.8 Å². The van der Waals surface area contributed by atoms with Gasteiger partial charge in [0.1, 0.15) is 0 Å². The molecule has 0 aliphatic carbocycles. The van der Waals surface area contributed by atoms with Crippen molar-refractivity contribution in [2.75, 3.05) is 6.54 Å². The van der Waals surface area contributed by atoms with E-state index in [0.29, 0.717) is 18.0 Å². The van der Waals surface area contributed by atoms with Crippen molar-refractivity contribution < 1.29 is 12.8 Å². The minimum atomic E-state index is -3.59. The molecule has 0 aliphatic rings. The van der Waals surface area contributed by atoms with Gasteiger partial charge in [-0.2, -0.15) is 0 Å². The number of fused-ring (bicyclic) bond motifs is 1. The Morgan fingerprint density at radius 1 is 1.29 bits per heavy atom. The highest BCUT2D eigenvalue weighted by atomic mass is 32.2. The molecule has 1 aromatic carbocycles. The summed E-state index contributed by atoms with van der Waals surface area (Å²) >= 11 is 0. The molecule has 0 saturated heterocycles. The zero-order valence-electron chi connectivity index (χ0n) is 12.4. The number of hydrogen-bond donors (Lipinski definition) is 1. The van der Waals surface area contributed by atoms with Crippen LogP contribution in [-0.2, 0) is 17.1 Å². The lowest BCUT2D eigenvalue weighted by Gasteiger charge is -2.13. The fourth-order valence-corrected chi connectivity index (χ4v) is 3.30. The van der Waals surface area contributed by atoms with E-state index in [1.54, 1.807) is 13.1 Å². The second-order valence-corrected chi connectivity index (χ2v) is 6.86. The molecule has 1 heterocycles. The van der Waals surface area contributed by atoms with Gasteiger partial charge in [0.05, 0.1) is 10.4 Å². The molecule has 6 nitrogen and oxygen atoms in total.